The van der Waals surface area contributed by atoms with Crippen LogP contribution in [0.25, 0.3) is 0 Å². The highest BCUT2D eigenvalue weighted by molar-refractivity contribution is 7.80. The number of carbonyl (C=O) groups excluding carboxylic acids is 1. The normalized spacial score (nSPS) is 9.40. The van der Waals surface area contributed by atoms with Gasteiger partial charge in [0.15, 0.2) is 0 Å². The molecular weight excluding hydrogens is 214 g/mol. The summed E-state index contributed by atoms with van der Waals surface area (Å²) in [6, 6.07) is 6.22. The summed E-state index contributed by atoms with van der Waals surface area (Å²) in [5, 5.41) is 11.5. The second kappa shape index (κ2) is 5.31. The van der Waals surface area contributed by atoms with Gasteiger partial charge in [-0.15, -0.1) is 0 Å². The number of alkyl carbamates (subject to hydrolysis) is 1. The number of amides is 1. The van der Waals surface area contributed by atoms with Gasteiger partial charge in [0.1, 0.15) is 10.7 Å². The van der Waals surface area contributed by atoms with Crippen LogP contribution in [-0.4, -0.2) is 22.8 Å². The van der Waals surface area contributed by atoms with Gasteiger partial charge >= 0.3 is 6.09 Å². The van der Waals surface area contributed by atoms with E-state index in [0.29, 0.717) is 12.2 Å². The van der Waals surface area contributed by atoms with Crippen LogP contribution >= 0.6 is 12.2 Å². The van der Waals surface area contributed by atoms with Gasteiger partial charge in [-0.25, -0.2) is 4.79 Å². The van der Waals surface area contributed by atoms with Gasteiger partial charge in [-0.3, -0.25) is 5.32 Å². The van der Waals surface area contributed by atoms with E-state index < -0.39 is 6.09 Å². The SMILES string of the molecule is CCOC(=O)NC(=S)c1ccc(O)cc1. The molecule has 0 fully saturated rings. The Kier molecular flexibility index (Phi) is 4.05. The summed E-state index contributed by atoms with van der Waals surface area (Å²) in [5.41, 5.74) is 0.649. The lowest BCUT2D eigenvalue weighted by molar-refractivity contribution is 0.158. The molecule has 0 aliphatic heterocycles. The van der Waals surface area contributed by atoms with Crippen molar-refractivity contribution in [2.24, 2.45) is 0 Å². The van der Waals surface area contributed by atoms with Crippen molar-refractivity contribution in [3.63, 3.8) is 0 Å². The van der Waals surface area contributed by atoms with Crippen molar-refractivity contribution in [1.82, 2.24) is 5.32 Å². The van der Waals surface area contributed by atoms with Crippen LogP contribution in [0.4, 0.5) is 4.79 Å². The minimum absolute atomic E-state index is 0.151. The molecule has 0 aliphatic rings. The maximum Gasteiger partial charge on any atom is 0.412 e. The van der Waals surface area contributed by atoms with E-state index in [2.05, 4.69) is 10.1 Å². The quantitative estimate of drug-likeness (QED) is 0.754. The van der Waals surface area contributed by atoms with E-state index in [1.807, 2.05) is 0 Å². The zero-order chi connectivity index (χ0) is 11.3. The number of benzene rings is 1. The van der Waals surface area contributed by atoms with E-state index in [0.717, 1.165) is 0 Å². The minimum Gasteiger partial charge on any atom is -0.508 e. The zero-order valence-electron chi connectivity index (χ0n) is 8.19. The number of aromatic hydroxyl groups is 1. The Morgan fingerprint density at radius 2 is 2.07 bits per heavy atom. The Morgan fingerprint density at radius 1 is 1.47 bits per heavy atom. The first-order valence-electron chi connectivity index (χ1n) is 4.40. The van der Waals surface area contributed by atoms with Gasteiger partial charge in [0.05, 0.1) is 6.61 Å². The molecule has 0 bridgehead atoms. The molecule has 2 N–H and O–H groups in total. The van der Waals surface area contributed by atoms with Crippen molar-refractivity contribution in [3.8, 4) is 5.75 Å². The molecule has 0 atom stereocenters. The summed E-state index contributed by atoms with van der Waals surface area (Å²) in [4.78, 5) is 11.3. The third kappa shape index (κ3) is 3.55. The second-order valence-corrected chi connectivity index (χ2v) is 3.13. The number of hydrogen-bond acceptors (Lipinski definition) is 4. The first kappa shape index (κ1) is 11.5. The lowest BCUT2D eigenvalue weighted by Gasteiger charge is -2.06. The average molecular weight is 225 g/mol. The van der Waals surface area contributed by atoms with Crippen LogP contribution in [0.2, 0.25) is 0 Å². The van der Waals surface area contributed by atoms with E-state index in [1.54, 1.807) is 19.1 Å². The first-order valence-corrected chi connectivity index (χ1v) is 4.81. The second-order valence-electron chi connectivity index (χ2n) is 2.72. The molecule has 0 saturated carbocycles. The van der Waals surface area contributed by atoms with Crippen molar-refractivity contribution in [2.75, 3.05) is 6.61 Å². The molecule has 0 aromatic heterocycles. The molecule has 1 rings (SSSR count). The maximum absolute atomic E-state index is 11.0. The predicted molar refractivity (Wildman–Crippen MR) is 60.0 cm³/mol. The van der Waals surface area contributed by atoms with Crippen LogP contribution < -0.4 is 5.32 Å². The van der Waals surface area contributed by atoms with Gasteiger partial charge in [-0.1, -0.05) is 12.2 Å². The molecule has 1 aromatic rings. The van der Waals surface area contributed by atoms with Gasteiger partial charge in [-0.2, -0.15) is 0 Å². The molecule has 0 unspecified atom stereocenters. The highest BCUT2D eigenvalue weighted by Gasteiger charge is 2.06. The summed E-state index contributed by atoms with van der Waals surface area (Å²) < 4.78 is 4.67. The molecular formula is C10H11NO3S. The van der Waals surface area contributed by atoms with E-state index in [9.17, 15) is 4.79 Å². The Labute approximate surface area is 92.9 Å². The fraction of sp³-hybridized carbons (Fsp3) is 0.200. The molecule has 1 amide bonds. The fourth-order valence-corrected chi connectivity index (χ4v) is 1.16. The van der Waals surface area contributed by atoms with E-state index in [4.69, 9.17) is 17.3 Å². The molecule has 0 heterocycles. The number of carbonyl (C=O) groups is 1. The summed E-state index contributed by atoms with van der Waals surface area (Å²) in [7, 11) is 0. The standard InChI is InChI=1S/C10H11NO3S/c1-2-14-10(13)11-9(15)7-3-5-8(12)6-4-7/h3-6,12H,2H2,1H3,(H,11,13,15). The third-order valence-electron chi connectivity index (χ3n) is 1.62. The topological polar surface area (TPSA) is 58.6 Å². The number of phenolic OH excluding ortho intramolecular Hbond substituents is 1. The summed E-state index contributed by atoms with van der Waals surface area (Å²) >= 11 is 4.96. The van der Waals surface area contributed by atoms with Crippen molar-refractivity contribution < 1.29 is 14.6 Å². The van der Waals surface area contributed by atoms with Gasteiger partial charge in [0.2, 0.25) is 0 Å². The smallest absolute Gasteiger partial charge is 0.412 e. The molecule has 0 spiro atoms. The van der Waals surface area contributed by atoms with Crippen molar-refractivity contribution >= 4 is 23.3 Å². The largest absolute Gasteiger partial charge is 0.508 e. The number of phenols is 1. The first-order chi connectivity index (χ1) is 7.13. The van der Waals surface area contributed by atoms with Crippen molar-refractivity contribution in [2.45, 2.75) is 6.92 Å². The summed E-state index contributed by atoms with van der Waals surface area (Å²) in [6.07, 6.45) is -0.574. The van der Waals surface area contributed by atoms with E-state index in [1.165, 1.54) is 12.1 Å². The van der Waals surface area contributed by atoms with Crippen LogP contribution in [0.3, 0.4) is 0 Å². The van der Waals surface area contributed by atoms with Gasteiger partial charge in [0, 0.05) is 5.56 Å². The molecule has 5 heteroatoms. The lowest BCUT2D eigenvalue weighted by Crippen LogP contribution is -2.30. The summed E-state index contributed by atoms with van der Waals surface area (Å²) in [5.74, 6) is 0.151. The number of rotatable bonds is 2. The maximum atomic E-state index is 11.0. The number of thiocarbonyl (C=S) groups is 1. The van der Waals surface area contributed by atoms with Gasteiger partial charge in [-0.05, 0) is 31.2 Å². The van der Waals surface area contributed by atoms with Crippen LogP contribution in [0.5, 0.6) is 5.75 Å². The highest BCUT2D eigenvalue weighted by Crippen LogP contribution is 2.09. The molecule has 80 valence electrons. The van der Waals surface area contributed by atoms with Crippen molar-refractivity contribution in [3.05, 3.63) is 29.8 Å². The van der Waals surface area contributed by atoms with Gasteiger partial charge < -0.3 is 9.84 Å². The van der Waals surface area contributed by atoms with Crippen LogP contribution in [-0.2, 0) is 4.74 Å². The van der Waals surface area contributed by atoms with E-state index >= 15 is 0 Å². The highest BCUT2D eigenvalue weighted by atomic mass is 32.1. The Morgan fingerprint density at radius 3 is 2.60 bits per heavy atom. The van der Waals surface area contributed by atoms with Crippen LogP contribution in [0.1, 0.15) is 12.5 Å². The molecule has 4 nitrogen and oxygen atoms in total. The number of hydrogen-bond donors (Lipinski definition) is 2. The Bertz CT molecular complexity index is 361. The molecule has 0 saturated heterocycles. The van der Waals surface area contributed by atoms with Gasteiger partial charge in [0.25, 0.3) is 0 Å². The third-order valence-corrected chi connectivity index (χ3v) is 1.96. The Balaban J connectivity index is 2.61. The lowest BCUT2D eigenvalue weighted by atomic mass is 10.2. The molecule has 0 radical (unpaired) electrons. The number of nitrogens with one attached hydrogen (secondary N) is 1. The monoisotopic (exact) mass is 225 g/mol. The van der Waals surface area contributed by atoms with Crippen molar-refractivity contribution in [1.29, 1.82) is 0 Å². The average Bonchev–Trinajstić information content (AvgIpc) is 2.18. The van der Waals surface area contributed by atoms with Crippen LogP contribution in [0.15, 0.2) is 24.3 Å². The molecule has 0 aliphatic carbocycles. The zero-order valence-corrected chi connectivity index (χ0v) is 9.00. The van der Waals surface area contributed by atoms with Crippen LogP contribution in [0, 0.1) is 0 Å². The molecule has 15 heavy (non-hydrogen) atoms. The number of ether oxygens (including phenoxy) is 1. The predicted octanol–water partition coefficient (Wildman–Crippen LogP) is 1.81. The molecule has 1 aromatic carbocycles. The fourth-order valence-electron chi connectivity index (χ4n) is 0.945. The van der Waals surface area contributed by atoms with E-state index in [-0.39, 0.29) is 10.7 Å². The minimum atomic E-state index is -0.574. The summed E-state index contributed by atoms with van der Waals surface area (Å²) in [6.45, 7) is 2.01. The Hall–Kier alpha value is -1.62.